The number of carbonyl (C=O) groups excluding carboxylic acids is 1. The first-order chi connectivity index (χ1) is 25.8. The van der Waals surface area contributed by atoms with Gasteiger partial charge in [0.25, 0.3) is 0 Å². The lowest BCUT2D eigenvalue weighted by molar-refractivity contribution is 0.0704. The van der Waals surface area contributed by atoms with Crippen LogP contribution in [0.15, 0.2) is 36.5 Å². The van der Waals surface area contributed by atoms with Crippen molar-refractivity contribution >= 4 is 6.09 Å². The second-order valence-electron chi connectivity index (χ2n) is 15.5. The van der Waals surface area contributed by atoms with E-state index in [1.807, 2.05) is 4.90 Å². The quantitative estimate of drug-likeness (QED) is 0.0469. The molecule has 1 rings (SSSR count). The van der Waals surface area contributed by atoms with Gasteiger partial charge in [-0.1, -0.05) is 153 Å². The van der Waals surface area contributed by atoms with Crippen molar-refractivity contribution in [2.24, 2.45) is 0 Å². The number of carbonyl (C=O) groups is 1. The summed E-state index contributed by atoms with van der Waals surface area (Å²) in [5, 5.41) is 0. The number of hydrogen-bond donors (Lipinski definition) is 0. The first-order valence-electron chi connectivity index (χ1n) is 22.9. The molecular weight excluding hydrogens is 641 g/mol. The van der Waals surface area contributed by atoms with E-state index in [9.17, 15) is 4.79 Å². The molecule has 304 valence electrons. The normalized spacial score (nSPS) is 14.0. The predicted molar refractivity (Wildman–Crippen MR) is 227 cm³/mol. The van der Waals surface area contributed by atoms with Crippen LogP contribution in [0.25, 0.3) is 0 Å². The third-order valence-corrected chi connectivity index (χ3v) is 10.5. The van der Waals surface area contributed by atoms with E-state index < -0.39 is 0 Å². The molecule has 5 heteroatoms. The van der Waals surface area contributed by atoms with Crippen molar-refractivity contribution in [1.29, 1.82) is 0 Å². The number of allylic oxidation sites excluding steroid dienone is 6. The minimum Gasteiger partial charge on any atom is -0.449 e. The summed E-state index contributed by atoms with van der Waals surface area (Å²) in [7, 11) is 0. The molecule has 0 aromatic rings. The number of piperidine rings is 1. The van der Waals surface area contributed by atoms with Crippen molar-refractivity contribution in [3.8, 4) is 0 Å². The van der Waals surface area contributed by atoms with E-state index in [1.165, 1.54) is 180 Å². The Morgan fingerprint density at radius 2 is 0.981 bits per heavy atom. The van der Waals surface area contributed by atoms with Crippen LogP contribution in [0.1, 0.15) is 206 Å². The molecular formula is C47H88N2O3. The van der Waals surface area contributed by atoms with Gasteiger partial charge < -0.3 is 19.3 Å². The maximum atomic E-state index is 13.0. The maximum Gasteiger partial charge on any atom is 0.409 e. The van der Waals surface area contributed by atoms with Crippen molar-refractivity contribution < 1.29 is 14.3 Å². The molecule has 0 aliphatic carbocycles. The molecule has 52 heavy (non-hydrogen) atoms. The lowest BCUT2D eigenvalue weighted by Gasteiger charge is -2.26. The summed E-state index contributed by atoms with van der Waals surface area (Å²) in [6.45, 7) is 11.3. The fraction of sp³-hybridized carbons (Fsp3) is 0.851. The van der Waals surface area contributed by atoms with Gasteiger partial charge in [0, 0.05) is 26.2 Å². The second kappa shape index (κ2) is 40.6. The first kappa shape index (κ1) is 48.4. The van der Waals surface area contributed by atoms with E-state index in [1.54, 1.807) is 0 Å². The smallest absolute Gasteiger partial charge is 0.409 e. The van der Waals surface area contributed by atoms with Crippen molar-refractivity contribution in [2.45, 2.75) is 206 Å². The van der Waals surface area contributed by atoms with Crippen LogP contribution in [0.2, 0.25) is 0 Å². The van der Waals surface area contributed by atoms with E-state index in [-0.39, 0.29) is 6.09 Å². The summed E-state index contributed by atoms with van der Waals surface area (Å²) >= 11 is 0. The Labute approximate surface area is 324 Å². The highest BCUT2D eigenvalue weighted by molar-refractivity contribution is 5.67. The summed E-state index contributed by atoms with van der Waals surface area (Å²) in [5.41, 5.74) is 0. The molecule has 0 unspecified atom stereocenters. The van der Waals surface area contributed by atoms with Crippen LogP contribution in [0.3, 0.4) is 0 Å². The monoisotopic (exact) mass is 729 g/mol. The molecule has 0 aromatic heterocycles. The third-order valence-electron chi connectivity index (χ3n) is 10.5. The molecule has 0 saturated carbocycles. The summed E-state index contributed by atoms with van der Waals surface area (Å²) in [6, 6.07) is 0. The molecule has 1 amide bonds. The van der Waals surface area contributed by atoms with E-state index in [4.69, 9.17) is 9.47 Å². The zero-order valence-electron chi connectivity index (χ0n) is 35.0. The van der Waals surface area contributed by atoms with Crippen LogP contribution in [0, 0.1) is 0 Å². The lowest BCUT2D eigenvalue weighted by Crippen LogP contribution is -2.36. The van der Waals surface area contributed by atoms with Crippen molar-refractivity contribution in [1.82, 2.24) is 9.80 Å². The van der Waals surface area contributed by atoms with E-state index in [0.29, 0.717) is 19.8 Å². The SMILES string of the molecule is CCCCCC=CCC=CCCCCCCCCN(CCOCCCCCCCCC=CCCCCCCCC)C(=O)OCCCN1CCCCC1. The van der Waals surface area contributed by atoms with Crippen LogP contribution in [-0.4, -0.2) is 68.4 Å². The van der Waals surface area contributed by atoms with Crippen LogP contribution in [0.5, 0.6) is 0 Å². The Morgan fingerprint density at radius 3 is 1.58 bits per heavy atom. The molecule has 0 aromatic carbocycles. The van der Waals surface area contributed by atoms with Gasteiger partial charge in [-0.05, 0) is 103 Å². The van der Waals surface area contributed by atoms with E-state index >= 15 is 0 Å². The van der Waals surface area contributed by atoms with Gasteiger partial charge in [0.05, 0.1) is 13.2 Å². The summed E-state index contributed by atoms with van der Waals surface area (Å²) in [6.07, 6.45) is 52.1. The standard InChI is InChI=1S/C47H88N2O3/c1-3-5-7-9-11-13-15-17-19-21-23-25-27-29-31-36-42-49(47(50)52-45-38-41-48-39-34-33-35-40-48)43-46-51-44-37-32-30-28-26-24-22-20-18-16-14-12-10-8-6-4-2/h11,13,17-20H,3-10,12,14-16,21-46H2,1-2H3. The minimum absolute atomic E-state index is 0.151. The Kier molecular flexibility index (Phi) is 37.8. The fourth-order valence-electron chi connectivity index (χ4n) is 7.04. The molecule has 1 aliphatic rings. The Balaban J connectivity index is 2.13. The van der Waals surface area contributed by atoms with E-state index in [0.717, 1.165) is 45.4 Å². The summed E-state index contributed by atoms with van der Waals surface area (Å²) in [5.74, 6) is 0. The molecule has 5 nitrogen and oxygen atoms in total. The fourth-order valence-corrected chi connectivity index (χ4v) is 7.04. The molecule has 0 bridgehead atoms. The lowest BCUT2D eigenvalue weighted by atomic mass is 10.1. The van der Waals surface area contributed by atoms with Gasteiger partial charge in [-0.3, -0.25) is 0 Å². The van der Waals surface area contributed by atoms with Crippen LogP contribution >= 0.6 is 0 Å². The highest BCUT2D eigenvalue weighted by atomic mass is 16.6. The number of amides is 1. The van der Waals surface area contributed by atoms with Crippen LogP contribution < -0.4 is 0 Å². The Bertz CT molecular complexity index is 819. The zero-order valence-corrected chi connectivity index (χ0v) is 35.0. The Morgan fingerprint density at radius 1 is 0.500 bits per heavy atom. The molecule has 1 saturated heterocycles. The van der Waals surface area contributed by atoms with Gasteiger partial charge in [0.15, 0.2) is 0 Å². The molecule has 0 spiro atoms. The van der Waals surface area contributed by atoms with Crippen LogP contribution in [0.4, 0.5) is 4.79 Å². The Hall–Kier alpha value is -1.59. The highest BCUT2D eigenvalue weighted by Crippen LogP contribution is 2.13. The average molecular weight is 729 g/mol. The van der Waals surface area contributed by atoms with Gasteiger partial charge in [-0.15, -0.1) is 0 Å². The van der Waals surface area contributed by atoms with Crippen LogP contribution in [-0.2, 0) is 9.47 Å². The topological polar surface area (TPSA) is 42.0 Å². The van der Waals surface area contributed by atoms with Gasteiger partial charge in [0.2, 0.25) is 0 Å². The number of rotatable bonds is 38. The predicted octanol–water partition coefficient (Wildman–Crippen LogP) is 14.2. The molecule has 0 radical (unpaired) electrons. The molecule has 0 atom stereocenters. The minimum atomic E-state index is -0.151. The van der Waals surface area contributed by atoms with Gasteiger partial charge in [0.1, 0.15) is 0 Å². The molecule has 1 aliphatic heterocycles. The summed E-state index contributed by atoms with van der Waals surface area (Å²) in [4.78, 5) is 17.5. The highest BCUT2D eigenvalue weighted by Gasteiger charge is 2.15. The average Bonchev–Trinajstić information content (AvgIpc) is 3.16. The largest absolute Gasteiger partial charge is 0.449 e. The molecule has 0 N–H and O–H groups in total. The number of hydrogen-bond acceptors (Lipinski definition) is 4. The third kappa shape index (κ3) is 34.2. The number of likely N-dealkylation sites (tertiary alicyclic amines) is 1. The van der Waals surface area contributed by atoms with Crippen molar-refractivity contribution in [2.75, 3.05) is 52.5 Å². The number of nitrogens with zero attached hydrogens (tertiary/aromatic N) is 2. The second-order valence-corrected chi connectivity index (χ2v) is 15.5. The number of unbranched alkanes of at least 4 members (excludes halogenated alkanes) is 21. The van der Waals surface area contributed by atoms with Crippen molar-refractivity contribution in [3.05, 3.63) is 36.5 Å². The molecule has 1 heterocycles. The van der Waals surface area contributed by atoms with Gasteiger partial charge >= 0.3 is 6.09 Å². The molecule has 1 fully saturated rings. The number of ether oxygens (including phenoxy) is 2. The van der Waals surface area contributed by atoms with Gasteiger partial charge in [-0.25, -0.2) is 4.79 Å². The van der Waals surface area contributed by atoms with E-state index in [2.05, 4.69) is 55.2 Å². The summed E-state index contributed by atoms with van der Waals surface area (Å²) < 4.78 is 11.8. The van der Waals surface area contributed by atoms with Crippen molar-refractivity contribution in [3.63, 3.8) is 0 Å². The zero-order chi connectivity index (χ0) is 37.3. The first-order valence-corrected chi connectivity index (χ1v) is 22.9. The van der Waals surface area contributed by atoms with Gasteiger partial charge in [-0.2, -0.15) is 0 Å². The maximum absolute atomic E-state index is 13.0.